The van der Waals surface area contributed by atoms with Crippen molar-refractivity contribution in [2.45, 2.75) is 90.4 Å². The van der Waals surface area contributed by atoms with Gasteiger partial charge in [0.15, 0.2) is 0 Å². The molecule has 0 spiro atoms. The van der Waals surface area contributed by atoms with Crippen LogP contribution in [-0.2, 0) is 4.79 Å². The molecule has 0 aromatic rings. The third kappa shape index (κ3) is 20.7. The summed E-state index contributed by atoms with van der Waals surface area (Å²) in [5.74, 6) is -0.674. The monoisotopic (exact) mass is 320 g/mol. The highest BCUT2D eigenvalue weighted by atomic mass is 16.4. The maximum absolute atomic E-state index is 10.4. The molecule has 0 saturated carbocycles. The predicted octanol–water partition coefficient (Wildman–Crippen LogP) is 6.83. The summed E-state index contributed by atoms with van der Waals surface area (Å²) in [6.07, 6.45) is 27.7. The molecule has 0 rings (SSSR count). The summed E-state index contributed by atoms with van der Waals surface area (Å²) >= 11 is 0. The van der Waals surface area contributed by atoms with Gasteiger partial charge in [0, 0.05) is 6.42 Å². The molecule has 2 nitrogen and oxygen atoms in total. The molecule has 0 unspecified atom stereocenters. The summed E-state index contributed by atoms with van der Waals surface area (Å²) in [4.78, 5) is 10.4. The summed E-state index contributed by atoms with van der Waals surface area (Å²) in [6.45, 7) is 2.24. The standard InChI is InChI=1S/C21H36O2/c1-2-3-4-5-6-7-8-9-10-11-12-13-14-15-16-17-18-19-20-21(22)23/h6-7,10-13H,2-5,8-9,14-20H2,1H3,(H,22,23)/b7-6-,11-10+,13-12-. The molecule has 0 aliphatic heterocycles. The second-order valence-corrected chi connectivity index (χ2v) is 6.10. The fourth-order valence-corrected chi connectivity index (χ4v) is 2.36. The van der Waals surface area contributed by atoms with E-state index < -0.39 is 5.97 Å². The van der Waals surface area contributed by atoms with E-state index in [1.807, 2.05) is 0 Å². The SMILES string of the molecule is CCCCC/C=C\CC/C=C/C=C\CCCCCCCC(=O)O. The Morgan fingerprint density at radius 3 is 1.96 bits per heavy atom. The minimum absolute atomic E-state index is 0.318. The third-order valence-corrected chi connectivity index (χ3v) is 3.79. The van der Waals surface area contributed by atoms with Crippen LogP contribution in [0.3, 0.4) is 0 Å². The molecule has 23 heavy (non-hydrogen) atoms. The van der Waals surface area contributed by atoms with Crippen molar-refractivity contribution in [3.8, 4) is 0 Å². The van der Waals surface area contributed by atoms with Crippen molar-refractivity contribution in [2.24, 2.45) is 0 Å². The highest BCUT2D eigenvalue weighted by Crippen LogP contribution is 2.07. The van der Waals surface area contributed by atoms with Crippen molar-refractivity contribution in [3.05, 3.63) is 36.5 Å². The van der Waals surface area contributed by atoms with Gasteiger partial charge in [0.1, 0.15) is 0 Å². The minimum atomic E-state index is -0.674. The predicted molar refractivity (Wildman–Crippen MR) is 101 cm³/mol. The Kier molecular flexibility index (Phi) is 17.7. The van der Waals surface area contributed by atoms with E-state index in [2.05, 4.69) is 43.4 Å². The largest absolute Gasteiger partial charge is 0.481 e. The molecule has 2 heteroatoms. The van der Waals surface area contributed by atoms with E-state index in [-0.39, 0.29) is 0 Å². The second-order valence-electron chi connectivity index (χ2n) is 6.10. The first-order valence-corrected chi connectivity index (χ1v) is 9.45. The topological polar surface area (TPSA) is 37.3 Å². The van der Waals surface area contributed by atoms with Gasteiger partial charge >= 0.3 is 5.97 Å². The molecule has 0 amide bonds. The Balaban J connectivity index is 3.28. The fraction of sp³-hybridized carbons (Fsp3) is 0.667. The van der Waals surface area contributed by atoms with Gasteiger partial charge in [-0.1, -0.05) is 75.5 Å². The molecule has 0 aromatic carbocycles. The summed E-state index contributed by atoms with van der Waals surface area (Å²) in [5, 5.41) is 8.53. The summed E-state index contributed by atoms with van der Waals surface area (Å²) < 4.78 is 0. The molecule has 0 heterocycles. The lowest BCUT2D eigenvalue weighted by Crippen LogP contribution is -1.93. The second kappa shape index (κ2) is 18.7. The number of hydrogen-bond donors (Lipinski definition) is 1. The van der Waals surface area contributed by atoms with Gasteiger partial charge in [-0.05, 0) is 44.9 Å². The third-order valence-electron chi connectivity index (χ3n) is 3.79. The Morgan fingerprint density at radius 2 is 1.22 bits per heavy atom. The van der Waals surface area contributed by atoms with Gasteiger partial charge in [0.25, 0.3) is 0 Å². The van der Waals surface area contributed by atoms with E-state index in [9.17, 15) is 4.79 Å². The normalized spacial score (nSPS) is 12.0. The van der Waals surface area contributed by atoms with E-state index in [0.29, 0.717) is 6.42 Å². The van der Waals surface area contributed by atoms with Gasteiger partial charge < -0.3 is 5.11 Å². The van der Waals surface area contributed by atoms with Crippen molar-refractivity contribution < 1.29 is 9.90 Å². The number of unbranched alkanes of at least 4 members (excludes halogenated alkanes) is 9. The van der Waals surface area contributed by atoms with Gasteiger partial charge in [-0.15, -0.1) is 0 Å². The number of carbonyl (C=O) groups is 1. The Bertz CT molecular complexity index is 340. The van der Waals surface area contributed by atoms with Gasteiger partial charge in [-0.25, -0.2) is 0 Å². The maximum atomic E-state index is 10.4. The molecular formula is C21H36O2. The lowest BCUT2D eigenvalue weighted by molar-refractivity contribution is -0.137. The van der Waals surface area contributed by atoms with E-state index in [0.717, 1.165) is 38.5 Å². The van der Waals surface area contributed by atoms with Crippen LogP contribution in [0, 0.1) is 0 Å². The van der Waals surface area contributed by atoms with Gasteiger partial charge in [0.05, 0.1) is 0 Å². The minimum Gasteiger partial charge on any atom is -0.481 e. The smallest absolute Gasteiger partial charge is 0.303 e. The molecule has 0 fully saturated rings. The fourth-order valence-electron chi connectivity index (χ4n) is 2.36. The van der Waals surface area contributed by atoms with Crippen molar-refractivity contribution in [1.29, 1.82) is 0 Å². The van der Waals surface area contributed by atoms with Gasteiger partial charge in [-0.3, -0.25) is 4.79 Å². The molecule has 0 bridgehead atoms. The highest BCUT2D eigenvalue weighted by Gasteiger charge is 1.95. The first-order valence-electron chi connectivity index (χ1n) is 9.45. The van der Waals surface area contributed by atoms with Gasteiger partial charge in [0.2, 0.25) is 0 Å². The average Bonchev–Trinajstić information content (AvgIpc) is 2.53. The lowest BCUT2D eigenvalue weighted by atomic mass is 10.1. The zero-order valence-corrected chi connectivity index (χ0v) is 15.0. The van der Waals surface area contributed by atoms with Crippen LogP contribution in [-0.4, -0.2) is 11.1 Å². The van der Waals surface area contributed by atoms with Crippen LogP contribution in [0.15, 0.2) is 36.5 Å². The van der Waals surface area contributed by atoms with Crippen molar-refractivity contribution in [1.82, 2.24) is 0 Å². The molecule has 0 aromatic heterocycles. The average molecular weight is 321 g/mol. The van der Waals surface area contributed by atoms with E-state index in [4.69, 9.17) is 5.11 Å². The maximum Gasteiger partial charge on any atom is 0.303 e. The van der Waals surface area contributed by atoms with Crippen LogP contribution in [0.1, 0.15) is 90.4 Å². The molecule has 0 aliphatic carbocycles. The first kappa shape index (κ1) is 21.7. The van der Waals surface area contributed by atoms with Crippen LogP contribution in [0.2, 0.25) is 0 Å². The molecule has 0 atom stereocenters. The van der Waals surface area contributed by atoms with Gasteiger partial charge in [-0.2, -0.15) is 0 Å². The molecule has 0 saturated heterocycles. The number of hydrogen-bond acceptors (Lipinski definition) is 1. The van der Waals surface area contributed by atoms with E-state index >= 15 is 0 Å². The lowest BCUT2D eigenvalue weighted by Gasteiger charge is -1.97. The zero-order valence-electron chi connectivity index (χ0n) is 15.0. The first-order chi connectivity index (χ1) is 11.3. The number of allylic oxidation sites excluding steroid dienone is 6. The number of rotatable bonds is 16. The highest BCUT2D eigenvalue weighted by molar-refractivity contribution is 5.66. The number of aliphatic carboxylic acids is 1. The molecule has 0 radical (unpaired) electrons. The molecule has 132 valence electrons. The summed E-state index contributed by atoms with van der Waals surface area (Å²) in [6, 6.07) is 0. The van der Waals surface area contributed by atoms with Crippen LogP contribution >= 0.6 is 0 Å². The summed E-state index contributed by atoms with van der Waals surface area (Å²) in [7, 11) is 0. The van der Waals surface area contributed by atoms with E-state index in [1.54, 1.807) is 0 Å². The van der Waals surface area contributed by atoms with Crippen LogP contribution < -0.4 is 0 Å². The van der Waals surface area contributed by atoms with Crippen molar-refractivity contribution in [3.63, 3.8) is 0 Å². The van der Waals surface area contributed by atoms with Crippen LogP contribution in [0.4, 0.5) is 0 Å². The molecular weight excluding hydrogens is 284 g/mol. The van der Waals surface area contributed by atoms with Crippen LogP contribution in [0.5, 0.6) is 0 Å². The number of carboxylic acids is 1. The Hall–Kier alpha value is -1.31. The molecule has 1 N–H and O–H groups in total. The molecule has 0 aliphatic rings. The van der Waals surface area contributed by atoms with Crippen molar-refractivity contribution in [2.75, 3.05) is 0 Å². The zero-order chi connectivity index (χ0) is 17.0. The quantitative estimate of drug-likeness (QED) is 0.192. The Labute approximate surface area is 143 Å². The van der Waals surface area contributed by atoms with Crippen LogP contribution in [0.25, 0.3) is 0 Å². The van der Waals surface area contributed by atoms with Crippen molar-refractivity contribution >= 4 is 5.97 Å². The van der Waals surface area contributed by atoms with E-state index in [1.165, 1.54) is 38.5 Å². The summed E-state index contributed by atoms with van der Waals surface area (Å²) in [5.41, 5.74) is 0. The Morgan fingerprint density at radius 1 is 0.696 bits per heavy atom. The number of carboxylic acid groups (broad SMARTS) is 1.